The first-order chi connectivity index (χ1) is 10.7. The monoisotopic (exact) mass is 313 g/mol. The van der Waals surface area contributed by atoms with E-state index in [-0.39, 0.29) is 5.91 Å². The molecule has 1 aliphatic carbocycles. The normalized spacial score (nSPS) is 15.4. The number of allylic oxidation sites excluding steroid dienone is 1. The van der Waals surface area contributed by atoms with E-state index in [0.717, 1.165) is 0 Å². The molecule has 0 saturated heterocycles. The van der Waals surface area contributed by atoms with Gasteiger partial charge in [0.2, 0.25) is 5.91 Å². The van der Waals surface area contributed by atoms with E-state index in [0.29, 0.717) is 58.0 Å². The van der Waals surface area contributed by atoms with Crippen molar-refractivity contribution in [2.24, 2.45) is 5.92 Å². The molecule has 0 unspecified atom stereocenters. The summed E-state index contributed by atoms with van der Waals surface area (Å²) in [6, 6.07) is 0. The summed E-state index contributed by atoms with van der Waals surface area (Å²) >= 11 is 0. The van der Waals surface area contributed by atoms with Gasteiger partial charge in [-0.05, 0) is 25.2 Å². The second-order valence-corrected chi connectivity index (χ2v) is 5.87. The second kappa shape index (κ2) is 12.6. The van der Waals surface area contributed by atoms with Crippen LogP contribution in [0.15, 0.2) is 12.2 Å². The molecule has 1 rings (SSSR count). The molecule has 1 aliphatic rings. The van der Waals surface area contributed by atoms with E-state index >= 15 is 0 Å². The predicted octanol–water partition coefficient (Wildman–Crippen LogP) is 2.31. The minimum atomic E-state index is 0.0169. The van der Waals surface area contributed by atoms with Gasteiger partial charge in [-0.3, -0.25) is 4.79 Å². The van der Waals surface area contributed by atoms with E-state index in [1.165, 1.54) is 19.3 Å². The lowest BCUT2D eigenvalue weighted by atomic mass is 9.96. The number of hydrogen-bond acceptors (Lipinski definition) is 4. The molecular formula is C17H31NO4. The highest BCUT2D eigenvalue weighted by atomic mass is 16.5. The summed E-state index contributed by atoms with van der Waals surface area (Å²) < 4.78 is 16.3. The number of ether oxygens (including phenoxy) is 3. The molecule has 1 N–H and O–H groups in total. The van der Waals surface area contributed by atoms with Crippen molar-refractivity contribution >= 4 is 5.91 Å². The molecule has 22 heavy (non-hydrogen) atoms. The molecule has 0 aliphatic heterocycles. The zero-order valence-electron chi connectivity index (χ0n) is 14.0. The van der Waals surface area contributed by atoms with Crippen LogP contribution in [0.3, 0.4) is 0 Å². The molecule has 0 aromatic heterocycles. The molecule has 0 aromatic carbocycles. The molecule has 1 saturated carbocycles. The van der Waals surface area contributed by atoms with Gasteiger partial charge in [0.1, 0.15) is 0 Å². The van der Waals surface area contributed by atoms with Gasteiger partial charge in [-0.25, -0.2) is 0 Å². The number of rotatable bonds is 13. The fourth-order valence-corrected chi connectivity index (χ4v) is 1.90. The zero-order chi connectivity index (χ0) is 16.0. The Bertz CT molecular complexity index is 314. The number of carbonyl (C=O) groups is 1. The molecule has 1 fully saturated rings. The van der Waals surface area contributed by atoms with Crippen molar-refractivity contribution in [1.82, 2.24) is 5.32 Å². The van der Waals surface area contributed by atoms with Crippen LogP contribution in [-0.4, -0.2) is 51.6 Å². The lowest BCUT2D eigenvalue weighted by Crippen LogP contribution is -2.25. The van der Waals surface area contributed by atoms with Crippen LogP contribution in [0.5, 0.6) is 0 Å². The quantitative estimate of drug-likeness (QED) is 0.419. The fraction of sp³-hybridized carbons (Fsp3) is 0.824. The van der Waals surface area contributed by atoms with Crippen molar-refractivity contribution in [1.29, 1.82) is 0 Å². The van der Waals surface area contributed by atoms with Crippen molar-refractivity contribution in [3.05, 3.63) is 12.2 Å². The minimum absolute atomic E-state index is 0.0169. The van der Waals surface area contributed by atoms with Gasteiger partial charge in [0.25, 0.3) is 0 Å². The van der Waals surface area contributed by atoms with E-state index in [2.05, 4.69) is 25.2 Å². The second-order valence-electron chi connectivity index (χ2n) is 5.87. The highest BCUT2D eigenvalue weighted by Gasteiger charge is 2.16. The Kier molecular flexibility index (Phi) is 11.0. The van der Waals surface area contributed by atoms with Crippen LogP contribution < -0.4 is 5.32 Å². The van der Waals surface area contributed by atoms with Gasteiger partial charge in [-0.2, -0.15) is 0 Å². The maximum absolute atomic E-state index is 11.5. The van der Waals surface area contributed by atoms with Gasteiger partial charge in [0.15, 0.2) is 0 Å². The van der Waals surface area contributed by atoms with Crippen molar-refractivity contribution < 1.29 is 19.0 Å². The molecule has 0 atom stereocenters. The number of amides is 1. The molecule has 0 aromatic rings. The van der Waals surface area contributed by atoms with Crippen LogP contribution >= 0.6 is 0 Å². The molecule has 0 bridgehead atoms. The van der Waals surface area contributed by atoms with Crippen LogP contribution in [-0.2, 0) is 19.0 Å². The largest absolute Gasteiger partial charge is 0.379 e. The van der Waals surface area contributed by atoms with E-state index in [1.54, 1.807) is 0 Å². The lowest BCUT2D eigenvalue weighted by molar-refractivity contribution is -0.122. The van der Waals surface area contributed by atoms with Crippen LogP contribution in [0.4, 0.5) is 0 Å². The average molecular weight is 313 g/mol. The molecule has 1 amide bonds. The number of nitrogens with one attached hydrogen (secondary N) is 1. The Morgan fingerprint density at radius 3 is 2.45 bits per heavy atom. The van der Waals surface area contributed by atoms with Crippen LogP contribution in [0.2, 0.25) is 0 Å². The summed E-state index contributed by atoms with van der Waals surface area (Å²) in [6.07, 6.45) is 8.58. The third kappa shape index (κ3) is 10.8. The average Bonchev–Trinajstić information content (AvgIpc) is 2.43. The topological polar surface area (TPSA) is 56.8 Å². The van der Waals surface area contributed by atoms with Crippen molar-refractivity contribution in [3.8, 4) is 0 Å². The van der Waals surface area contributed by atoms with Crippen molar-refractivity contribution in [2.75, 3.05) is 39.6 Å². The Hall–Kier alpha value is -0.910. The molecular weight excluding hydrogens is 282 g/mol. The molecule has 128 valence electrons. The van der Waals surface area contributed by atoms with Crippen LogP contribution in [0.1, 0.15) is 39.5 Å². The third-order valence-electron chi connectivity index (χ3n) is 3.42. The van der Waals surface area contributed by atoms with E-state index in [9.17, 15) is 4.79 Å². The first-order valence-electron chi connectivity index (χ1n) is 8.39. The highest BCUT2D eigenvalue weighted by molar-refractivity contribution is 5.76. The molecule has 0 heterocycles. The maximum Gasteiger partial charge on any atom is 0.222 e. The standard InChI is InChI=1S/C17H31NO4/c1-15(2)5-4-9-18-17(19)8-10-20-11-12-21-13-14-22-16-6-3-7-16/h4-5,15-16H,3,6-14H2,1-2H3,(H,18,19)/b5-4+. The summed E-state index contributed by atoms with van der Waals surface area (Å²) in [6.45, 7) is 7.57. The fourth-order valence-electron chi connectivity index (χ4n) is 1.90. The molecule has 5 nitrogen and oxygen atoms in total. The summed E-state index contributed by atoms with van der Waals surface area (Å²) in [7, 11) is 0. The molecule has 5 heteroatoms. The van der Waals surface area contributed by atoms with E-state index < -0.39 is 0 Å². The van der Waals surface area contributed by atoms with E-state index in [1.807, 2.05) is 6.08 Å². The maximum atomic E-state index is 11.5. The van der Waals surface area contributed by atoms with Crippen molar-refractivity contribution in [3.63, 3.8) is 0 Å². The van der Waals surface area contributed by atoms with Crippen molar-refractivity contribution in [2.45, 2.75) is 45.6 Å². The van der Waals surface area contributed by atoms with Crippen LogP contribution in [0.25, 0.3) is 0 Å². The Labute approximate surface area is 134 Å². The SMILES string of the molecule is CC(C)/C=C/CNC(=O)CCOCCOCCOC1CCC1. The van der Waals surface area contributed by atoms with Gasteiger partial charge in [0, 0.05) is 13.0 Å². The van der Waals surface area contributed by atoms with Gasteiger partial charge in [-0.15, -0.1) is 0 Å². The summed E-state index contributed by atoms with van der Waals surface area (Å²) in [5.41, 5.74) is 0. The number of carbonyl (C=O) groups excluding carboxylic acids is 1. The predicted molar refractivity (Wildman–Crippen MR) is 86.8 cm³/mol. The van der Waals surface area contributed by atoms with Gasteiger partial charge >= 0.3 is 0 Å². The summed E-state index contributed by atoms with van der Waals surface area (Å²) in [5, 5.41) is 2.82. The smallest absolute Gasteiger partial charge is 0.222 e. The number of hydrogen-bond donors (Lipinski definition) is 1. The summed E-state index contributed by atoms with van der Waals surface area (Å²) in [5.74, 6) is 0.530. The first kappa shape index (κ1) is 19.1. The van der Waals surface area contributed by atoms with E-state index in [4.69, 9.17) is 14.2 Å². The third-order valence-corrected chi connectivity index (χ3v) is 3.42. The Morgan fingerprint density at radius 1 is 1.14 bits per heavy atom. The highest BCUT2D eigenvalue weighted by Crippen LogP contribution is 2.21. The Balaban J connectivity index is 1.77. The lowest BCUT2D eigenvalue weighted by Gasteiger charge is -2.25. The van der Waals surface area contributed by atoms with Gasteiger partial charge in [0.05, 0.1) is 39.1 Å². The Morgan fingerprint density at radius 2 is 1.82 bits per heavy atom. The molecule has 0 spiro atoms. The first-order valence-corrected chi connectivity index (χ1v) is 8.39. The van der Waals surface area contributed by atoms with Crippen LogP contribution in [0, 0.1) is 5.92 Å². The minimum Gasteiger partial charge on any atom is -0.379 e. The van der Waals surface area contributed by atoms with Gasteiger partial charge < -0.3 is 19.5 Å². The zero-order valence-corrected chi connectivity index (χ0v) is 14.0. The summed E-state index contributed by atoms with van der Waals surface area (Å²) in [4.78, 5) is 11.5. The van der Waals surface area contributed by atoms with Gasteiger partial charge in [-0.1, -0.05) is 26.0 Å². The molecule has 0 radical (unpaired) electrons.